The molecule has 0 N–H and O–H groups in total. The van der Waals surface area contributed by atoms with Gasteiger partial charge in [0.2, 0.25) is 0 Å². The molecular weight excluding hydrogens is 204 g/mol. The fraction of sp³-hybridized carbons (Fsp3) is 0.250. The second-order valence-corrected chi connectivity index (χ2v) is 4.65. The standard InChI is InChI=1S/C12H14N2S/c1-3-15-12-8-9-14(13-12)11-6-4-10(2)5-7-11/h4-9H,3H2,1-2H3. The van der Waals surface area contributed by atoms with Crippen LogP contribution in [0.2, 0.25) is 0 Å². The lowest BCUT2D eigenvalue weighted by molar-refractivity contribution is 0.837. The van der Waals surface area contributed by atoms with Crippen LogP contribution in [0, 0.1) is 6.92 Å². The van der Waals surface area contributed by atoms with Crippen LogP contribution in [0.15, 0.2) is 41.6 Å². The van der Waals surface area contributed by atoms with Gasteiger partial charge in [-0.2, -0.15) is 5.10 Å². The van der Waals surface area contributed by atoms with Crippen molar-refractivity contribution in [1.82, 2.24) is 9.78 Å². The summed E-state index contributed by atoms with van der Waals surface area (Å²) in [5.74, 6) is 1.06. The Morgan fingerprint density at radius 2 is 1.93 bits per heavy atom. The van der Waals surface area contributed by atoms with Crippen molar-refractivity contribution in [2.75, 3.05) is 5.75 Å². The van der Waals surface area contributed by atoms with Gasteiger partial charge in [0, 0.05) is 6.20 Å². The number of nitrogens with zero attached hydrogens (tertiary/aromatic N) is 2. The fourth-order valence-electron chi connectivity index (χ4n) is 1.37. The molecule has 78 valence electrons. The van der Waals surface area contributed by atoms with Gasteiger partial charge in [-0.05, 0) is 30.9 Å². The minimum absolute atomic E-state index is 1.06. The van der Waals surface area contributed by atoms with Crippen LogP contribution in [-0.2, 0) is 0 Å². The predicted octanol–water partition coefficient (Wildman–Crippen LogP) is 3.29. The molecule has 1 aromatic heterocycles. The van der Waals surface area contributed by atoms with Crippen LogP contribution in [-0.4, -0.2) is 15.5 Å². The average Bonchev–Trinajstić information content (AvgIpc) is 2.68. The van der Waals surface area contributed by atoms with Gasteiger partial charge >= 0.3 is 0 Å². The highest BCUT2D eigenvalue weighted by Gasteiger charge is 2.00. The fourth-order valence-corrected chi connectivity index (χ4v) is 1.97. The van der Waals surface area contributed by atoms with Crippen molar-refractivity contribution in [2.24, 2.45) is 0 Å². The Morgan fingerprint density at radius 1 is 1.20 bits per heavy atom. The summed E-state index contributed by atoms with van der Waals surface area (Å²) in [6.07, 6.45) is 2.00. The SMILES string of the molecule is CCSc1ccn(-c2ccc(C)cc2)n1. The molecule has 0 atom stereocenters. The van der Waals surface area contributed by atoms with E-state index >= 15 is 0 Å². The molecule has 0 aliphatic carbocycles. The first-order valence-electron chi connectivity index (χ1n) is 5.05. The van der Waals surface area contributed by atoms with E-state index in [-0.39, 0.29) is 0 Å². The first kappa shape index (κ1) is 10.3. The molecule has 3 heteroatoms. The molecule has 0 aliphatic rings. The van der Waals surface area contributed by atoms with Crippen LogP contribution in [0.4, 0.5) is 0 Å². The number of benzene rings is 1. The van der Waals surface area contributed by atoms with Gasteiger partial charge in [0.15, 0.2) is 0 Å². The van der Waals surface area contributed by atoms with Gasteiger partial charge in [-0.25, -0.2) is 4.68 Å². The Hall–Kier alpha value is -1.22. The molecular formula is C12H14N2S. The zero-order chi connectivity index (χ0) is 10.7. The maximum atomic E-state index is 4.48. The third kappa shape index (κ3) is 2.42. The summed E-state index contributed by atoms with van der Waals surface area (Å²) in [6, 6.07) is 10.4. The molecule has 2 rings (SSSR count). The third-order valence-electron chi connectivity index (χ3n) is 2.16. The molecule has 1 heterocycles. The largest absolute Gasteiger partial charge is 0.240 e. The van der Waals surface area contributed by atoms with E-state index in [4.69, 9.17) is 0 Å². The van der Waals surface area contributed by atoms with Crippen LogP contribution in [0.1, 0.15) is 12.5 Å². The molecule has 0 unspecified atom stereocenters. The second-order valence-electron chi connectivity index (χ2n) is 3.37. The number of hydrogen-bond acceptors (Lipinski definition) is 2. The van der Waals surface area contributed by atoms with Crippen LogP contribution in [0.25, 0.3) is 5.69 Å². The van der Waals surface area contributed by atoms with Crippen molar-refractivity contribution < 1.29 is 0 Å². The van der Waals surface area contributed by atoms with E-state index in [2.05, 4.69) is 43.2 Å². The minimum Gasteiger partial charge on any atom is -0.240 e. The highest BCUT2D eigenvalue weighted by Crippen LogP contribution is 2.16. The summed E-state index contributed by atoms with van der Waals surface area (Å²) in [5.41, 5.74) is 2.39. The molecule has 15 heavy (non-hydrogen) atoms. The van der Waals surface area contributed by atoms with Crippen LogP contribution >= 0.6 is 11.8 Å². The number of aryl methyl sites for hydroxylation is 1. The lowest BCUT2D eigenvalue weighted by Gasteiger charge is -2.01. The van der Waals surface area contributed by atoms with E-state index in [1.165, 1.54) is 5.56 Å². The van der Waals surface area contributed by atoms with E-state index in [1.54, 1.807) is 11.8 Å². The van der Waals surface area contributed by atoms with Crippen LogP contribution in [0.5, 0.6) is 0 Å². The Morgan fingerprint density at radius 3 is 2.60 bits per heavy atom. The van der Waals surface area contributed by atoms with Gasteiger partial charge < -0.3 is 0 Å². The van der Waals surface area contributed by atoms with Crippen molar-refractivity contribution in [2.45, 2.75) is 18.9 Å². The van der Waals surface area contributed by atoms with E-state index in [9.17, 15) is 0 Å². The first-order valence-corrected chi connectivity index (χ1v) is 6.03. The second kappa shape index (κ2) is 4.53. The summed E-state index contributed by atoms with van der Waals surface area (Å²) in [5, 5.41) is 5.56. The maximum Gasteiger partial charge on any atom is 0.119 e. The van der Waals surface area contributed by atoms with Gasteiger partial charge in [0.1, 0.15) is 5.03 Å². The zero-order valence-electron chi connectivity index (χ0n) is 8.97. The Balaban J connectivity index is 2.25. The van der Waals surface area contributed by atoms with Crippen LogP contribution < -0.4 is 0 Å². The first-order chi connectivity index (χ1) is 7.29. The van der Waals surface area contributed by atoms with Gasteiger partial charge in [-0.3, -0.25) is 0 Å². The lowest BCUT2D eigenvalue weighted by atomic mass is 10.2. The Bertz CT molecular complexity index is 431. The van der Waals surface area contributed by atoms with Crippen LogP contribution in [0.3, 0.4) is 0 Å². The van der Waals surface area contributed by atoms with Crippen molar-refractivity contribution in [3.63, 3.8) is 0 Å². The third-order valence-corrected chi connectivity index (χ3v) is 2.96. The average molecular weight is 218 g/mol. The van der Waals surface area contributed by atoms with Gasteiger partial charge in [0.05, 0.1) is 5.69 Å². The quantitative estimate of drug-likeness (QED) is 0.736. The lowest BCUT2D eigenvalue weighted by Crippen LogP contribution is -1.94. The van der Waals surface area contributed by atoms with E-state index in [0.717, 1.165) is 16.5 Å². The summed E-state index contributed by atoms with van der Waals surface area (Å²) in [6.45, 7) is 4.22. The van der Waals surface area contributed by atoms with Crippen molar-refractivity contribution in [1.29, 1.82) is 0 Å². The smallest absolute Gasteiger partial charge is 0.119 e. The molecule has 0 fully saturated rings. The Labute approximate surface area is 94.3 Å². The monoisotopic (exact) mass is 218 g/mol. The summed E-state index contributed by atoms with van der Waals surface area (Å²) in [7, 11) is 0. The summed E-state index contributed by atoms with van der Waals surface area (Å²) in [4.78, 5) is 0. The highest BCUT2D eigenvalue weighted by atomic mass is 32.2. The summed E-state index contributed by atoms with van der Waals surface area (Å²) < 4.78 is 1.91. The molecule has 0 saturated heterocycles. The van der Waals surface area contributed by atoms with E-state index in [1.807, 2.05) is 16.9 Å². The Kier molecular flexibility index (Phi) is 3.11. The molecule has 0 radical (unpaired) electrons. The van der Waals surface area contributed by atoms with Gasteiger partial charge in [-0.15, -0.1) is 11.8 Å². The molecule has 0 bridgehead atoms. The number of hydrogen-bond donors (Lipinski definition) is 0. The topological polar surface area (TPSA) is 17.8 Å². The molecule has 0 amide bonds. The molecule has 2 nitrogen and oxygen atoms in total. The molecule has 1 aromatic carbocycles. The minimum atomic E-state index is 1.06. The van der Waals surface area contributed by atoms with Gasteiger partial charge in [-0.1, -0.05) is 24.6 Å². The number of thioether (sulfide) groups is 1. The molecule has 0 aliphatic heterocycles. The number of aromatic nitrogens is 2. The van der Waals surface area contributed by atoms with E-state index in [0.29, 0.717) is 0 Å². The number of rotatable bonds is 3. The normalized spacial score (nSPS) is 10.5. The molecule has 0 spiro atoms. The molecule has 0 saturated carbocycles. The predicted molar refractivity (Wildman–Crippen MR) is 64.7 cm³/mol. The van der Waals surface area contributed by atoms with Crippen molar-refractivity contribution in [3.8, 4) is 5.69 Å². The zero-order valence-corrected chi connectivity index (χ0v) is 9.79. The highest BCUT2D eigenvalue weighted by molar-refractivity contribution is 7.99. The van der Waals surface area contributed by atoms with Crippen molar-refractivity contribution >= 4 is 11.8 Å². The molecule has 2 aromatic rings. The van der Waals surface area contributed by atoms with Gasteiger partial charge in [0.25, 0.3) is 0 Å². The maximum absolute atomic E-state index is 4.48. The van der Waals surface area contributed by atoms with Crippen molar-refractivity contribution in [3.05, 3.63) is 42.1 Å². The van der Waals surface area contributed by atoms with E-state index < -0.39 is 0 Å². The summed E-state index contributed by atoms with van der Waals surface area (Å²) >= 11 is 1.76.